The standard InChI is InChI=1S/C26H32FN3O2/c1-18-8-13-23(26(32)29(2)22-6-4-3-5-7-22)24(28-18)19-14-16-30(17-15-19)25(31)20-9-11-21(27)12-10-20/h8-13,19,22H,3-7,14-17H2,1-2H3. The highest BCUT2D eigenvalue weighted by atomic mass is 19.1. The summed E-state index contributed by atoms with van der Waals surface area (Å²) in [7, 11) is 1.92. The second kappa shape index (κ2) is 9.80. The lowest BCUT2D eigenvalue weighted by molar-refractivity contribution is 0.0680. The van der Waals surface area contributed by atoms with E-state index < -0.39 is 0 Å². The molecule has 2 heterocycles. The number of likely N-dealkylation sites (tertiary alicyclic amines) is 1. The summed E-state index contributed by atoms with van der Waals surface area (Å²) in [5, 5.41) is 0. The summed E-state index contributed by atoms with van der Waals surface area (Å²) in [6.45, 7) is 3.15. The molecule has 6 heteroatoms. The number of carbonyl (C=O) groups is 2. The van der Waals surface area contributed by atoms with Gasteiger partial charge in [-0.2, -0.15) is 0 Å². The van der Waals surface area contributed by atoms with Gasteiger partial charge in [0.2, 0.25) is 0 Å². The first kappa shape index (κ1) is 22.4. The average molecular weight is 438 g/mol. The van der Waals surface area contributed by atoms with E-state index in [9.17, 15) is 14.0 Å². The molecule has 5 nitrogen and oxygen atoms in total. The van der Waals surface area contributed by atoms with Gasteiger partial charge in [0.15, 0.2) is 0 Å². The van der Waals surface area contributed by atoms with Crippen molar-refractivity contribution in [1.29, 1.82) is 0 Å². The topological polar surface area (TPSA) is 53.5 Å². The molecule has 170 valence electrons. The maximum atomic E-state index is 13.4. The lowest BCUT2D eigenvalue weighted by Gasteiger charge is -2.34. The van der Waals surface area contributed by atoms with Crippen LogP contribution in [0.1, 0.15) is 83.0 Å². The first-order valence-corrected chi connectivity index (χ1v) is 11.7. The van der Waals surface area contributed by atoms with E-state index in [1.807, 2.05) is 35.9 Å². The molecule has 4 rings (SSSR count). The summed E-state index contributed by atoms with van der Waals surface area (Å²) in [4.78, 5) is 34.7. The fraction of sp³-hybridized carbons (Fsp3) is 0.500. The number of hydrogen-bond donors (Lipinski definition) is 0. The Morgan fingerprint density at radius 3 is 2.28 bits per heavy atom. The molecule has 0 unspecified atom stereocenters. The van der Waals surface area contributed by atoms with Crippen molar-refractivity contribution in [3.05, 3.63) is 64.7 Å². The summed E-state index contributed by atoms with van der Waals surface area (Å²) in [5.74, 6) is -0.217. The fourth-order valence-corrected chi connectivity index (χ4v) is 5.02. The molecule has 2 amide bonds. The maximum absolute atomic E-state index is 13.4. The van der Waals surface area contributed by atoms with Crippen molar-refractivity contribution in [2.45, 2.75) is 63.8 Å². The number of hydrogen-bond acceptors (Lipinski definition) is 3. The van der Waals surface area contributed by atoms with Gasteiger partial charge >= 0.3 is 0 Å². The number of nitrogens with zero attached hydrogens (tertiary/aromatic N) is 3. The van der Waals surface area contributed by atoms with Crippen molar-refractivity contribution < 1.29 is 14.0 Å². The molecule has 2 fully saturated rings. The molecule has 1 saturated carbocycles. The zero-order valence-electron chi connectivity index (χ0n) is 19.0. The molecule has 2 aliphatic rings. The van der Waals surface area contributed by atoms with Gasteiger partial charge in [0.25, 0.3) is 11.8 Å². The molecule has 1 saturated heterocycles. The van der Waals surface area contributed by atoms with Crippen LogP contribution in [0.4, 0.5) is 4.39 Å². The van der Waals surface area contributed by atoms with Crippen molar-refractivity contribution in [2.24, 2.45) is 0 Å². The first-order chi connectivity index (χ1) is 15.4. The molecule has 0 spiro atoms. The Kier molecular flexibility index (Phi) is 6.87. The molecular formula is C26H32FN3O2. The SMILES string of the molecule is Cc1ccc(C(=O)N(C)C2CCCCC2)c(C2CCN(C(=O)c3ccc(F)cc3)CC2)n1. The van der Waals surface area contributed by atoms with Crippen molar-refractivity contribution in [3.8, 4) is 0 Å². The van der Waals surface area contributed by atoms with E-state index in [1.165, 1.54) is 43.5 Å². The highest BCUT2D eigenvalue weighted by molar-refractivity contribution is 5.96. The van der Waals surface area contributed by atoms with Crippen LogP contribution in [0, 0.1) is 12.7 Å². The Labute approximate surface area is 189 Å². The second-order valence-corrected chi connectivity index (χ2v) is 9.17. The van der Waals surface area contributed by atoms with E-state index in [0.29, 0.717) is 30.3 Å². The van der Waals surface area contributed by atoms with Crippen molar-refractivity contribution >= 4 is 11.8 Å². The van der Waals surface area contributed by atoms with Gasteiger partial charge in [0, 0.05) is 43.4 Å². The molecular weight excluding hydrogens is 405 g/mol. The van der Waals surface area contributed by atoms with Crippen LogP contribution < -0.4 is 0 Å². The van der Waals surface area contributed by atoms with Crippen LogP contribution >= 0.6 is 0 Å². The molecule has 0 N–H and O–H groups in total. The number of piperidine rings is 1. The van der Waals surface area contributed by atoms with Gasteiger partial charge in [-0.1, -0.05) is 19.3 Å². The van der Waals surface area contributed by atoms with Gasteiger partial charge < -0.3 is 9.80 Å². The lowest BCUT2D eigenvalue weighted by Crippen LogP contribution is -2.40. The Hall–Kier alpha value is -2.76. The van der Waals surface area contributed by atoms with Crippen LogP contribution in [0.3, 0.4) is 0 Å². The number of aromatic nitrogens is 1. The van der Waals surface area contributed by atoms with E-state index in [4.69, 9.17) is 4.98 Å². The van der Waals surface area contributed by atoms with Crippen molar-refractivity contribution in [2.75, 3.05) is 20.1 Å². The second-order valence-electron chi connectivity index (χ2n) is 9.17. The molecule has 2 aromatic rings. The van der Waals surface area contributed by atoms with E-state index in [-0.39, 0.29) is 23.5 Å². The van der Waals surface area contributed by atoms with E-state index in [0.717, 1.165) is 37.1 Å². The molecule has 1 aliphatic heterocycles. The quantitative estimate of drug-likeness (QED) is 0.680. The van der Waals surface area contributed by atoms with Gasteiger partial charge in [0.05, 0.1) is 11.3 Å². The summed E-state index contributed by atoms with van der Waals surface area (Å²) < 4.78 is 13.2. The Bertz CT molecular complexity index is 962. The maximum Gasteiger partial charge on any atom is 0.255 e. The molecule has 0 radical (unpaired) electrons. The molecule has 1 aromatic heterocycles. The summed E-state index contributed by atoms with van der Waals surface area (Å²) in [5.41, 5.74) is 2.98. The van der Waals surface area contributed by atoms with E-state index in [2.05, 4.69) is 0 Å². The Balaban J connectivity index is 1.47. The molecule has 32 heavy (non-hydrogen) atoms. The number of benzene rings is 1. The molecule has 0 atom stereocenters. The summed E-state index contributed by atoms with van der Waals surface area (Å²) in [6.07, 6.45) is 7.28. The average Bonchev–Trinajstić information content (AvgIpc) is 2.84. The van der Waals surface area contributed by atoms with Crippen LogP contribution in [0.2, 0.25) is 0 Å². The smallest absolute Gasteiger partial charge is 0.255 e. The Morgan fingerprint density at radius 1 is 0.969 bits per heavy atom. The monoisotopic (exact) mass is 437 g/mol. The minimum Gasteiger partial charge on any atom is -0.339 e. The number of pyridine rings is 1. The van der Waals surface area contributed by atoms with Crippen molar-refractivity contribution in [1.82, 2.24) is 14.8 Å². The largest absolute Gasteiger partial charge is 0.339 e. The number of aryl methyl sites for hydroxylation is 1. The normalized spacial score (nSPS) is 17.9. The lowest BCUT2D eigenvalue weighted by atomic mass is 9.88. The fourth-order valence-electron chi connectivity index (χ4n) is 5.02. The Morgan fingerprint density at radius 2 is 1.62 bits per heavy atom. The van der Waals surface area contributed by atoms with Crippen molar-refractivity contribution in [3.63, 3.8) is 0 Å². The minimum atomic E-state index is -0.346. The first-order valence-electron chi connectivity index (χ1n) is 11.7. The number of halogens is 1. The third-order valence-electron chi connectivity index (χ3n) is 7.00. The van der Waals surface area contributed by atoms with E-state index in [1.54, 1.807) is 0 Å². The number of carbonyl (C=O) groups excluding carboxylic acids is 2. The van der Waals surface area contributed by atoms with Gasteiger partial charge in [0.1, 0.15) is 5.82 Å². The zero-order valence-corrected chi connectivity index (χ0v) is 19.0. The summed E-state index contributed by atoms with van der Waals surface area (Å²) >= 11 is 0. The third-order valence-corrected chi connectivity index (χ3v) is 7.00. The van der Waals surface area contributed by atoms with Gasteiger partial charge in [-0.3, -0.25) is 14.6 Å². The molecule has 1 aromatic carbocycles. The highest BCUT2D eigenvalue weighted by Gasteiger charge is 2.30. The third kappa shape index (κ3) is 4.84. The van der Waals surface area contributed by atoms with Gasteiger partial charge in [-0.15, -0.1) is 0 Å². The molecule has 1 aliphatic carbocycles. The van der Waals surface area contributed by atoms with Crippen LogP contribution in [-0.2, 0) is 0 Å². The minimum absolute atomic E-state index is 0.0595. The summed E-state index contributed by atoms with van der Waals surface area (Å²) in [6, 6.07) is 9.84. The van der Waals surface area contributed by atoms with Gasteiger partial charge in [-0.05, 0) is 69.0 Å². The predicted molar refractivity (Wildman–Crippen MR) is 122 cm³/mol. The predicted octanol–water partition coefficient (Wildman–Crippen LogP) is 4.95. The van der Waals surface area contributed by atoms with E-state index >= 15 is 0 Å². The van der Waals surface area contributed by atoms with Crippen LogP contribution in [0.15, 0.2) is 36.4 Å². The highest BCUT2D eigenvalue weighted by Crippen LogP contribution is 2.31. The number of rotatable bonds is 4. The van der Waals surface area contributed by atoms with Crippen LogP contribution in [-0.4, -0.2) is 52.8 Å². The molecule has 0 bridgehead atoms. The number of amides is 2. The van der Waals surface area contributed by atoms with Crippen LogP contribution in [0.25, 0.3) is 0 Å². The van der Waals surface area contributed by atoms with Crippen LogP contribution in [0.5, 0.6) is 0 Å². The van der Waals surface area contributed by atoms with Gasteiger partial charge in [-0.25, -0.2) is 4.39 Å². The zero-order chi connectivity index (χ0) is 22.7.